The fraction of sp³-hybridized carbons (Fsp3) is 0.412. The molecule has 0 bridgehead atoms. The molecule has 2 unspecified atom stereocenters. The molecule has 1 fully saturated rings. The predicted molar refractivity (Wildman–Crippen MR) is 86.7 cm³/mol. The van der Waals surface area contributed by atoms with Gasteiger partial charge in [0, 0.05) is 13.0 Å². The highest BCUT2D eigenvalue weighted by Crippen LogP contribution is 2.49. The van der Waals surface area contributed by atoms with Crippen LogP contribution in [0.25, 0.3) is 0 Å². The van der Waals surface area contributed by atoms with Gasteiger partial charge in [0.05, 0.1) is 19.1 Å². The number of aliphatic carboxylic acids is 1. The number of benzene rings is 1. The molecule has 0 amide bonds. The van der Waals surface area contributed by atoms with Crippen LogP contribution in [0.5, 0.6) is 5.75 Å². The van der Waals surface area contributed by atoms with Gasteiger partial charge < -0.3 is 20.1 Å². The van der Waals surface area contributed by atoms with E-state index in [9.17, 15) is 4.79 Å². The molecule has 6 heteroatoms. The van der Waals surface area contributed by atoms with Crippen LogP contribution in [-0.2, 0) is 4.79 Å². The third-order valence-corrected chi connectivity index (χ3v) is 4.07. The summed E-state index contributed by atoms with van der Waals surface area (Å²) in [5.41, 5.74) is 1.21. The Morgan fingerprint density at radius 3 is 2.91 bits per heavy atom. The van der Waals surface area contributed by atoms with Gasteiger partial charge in [0.25, 0.3) is 0 Å². The number of aromatic amines is 1. The average Bonchev–Trinajstić information content (AvgIpc) is 3.08. The van der Waals surface area contributed by atoms with Crippen molar-refractivity contribution in [2.24, 2.45) is 5.92 Å². The molecular weight excluding hydrogens is 294 g/mol. The van der Waals surface area contributed by atoms with Gasteiger partial charge in [-0.3, -0.25) is 4.79 Å². The lowest BCUT2D eigenvalue weighted by Gasteiger charge is -2.08. The molecule has 2 atom stereocenters. The van der Waals surface area contributed by atoms with E-state index >= 15 is 0 Å². The van der Waals surface area contributed by atoms with Crippen LogP contribution in [0.3, 0.4) is 0 Å². The molecule has 1 heterocycles. The Morgan fingerprint density at radius 2 is 2.22 bits per heavy atom. The molecule has 3 rings (SSSR count). The summed E-state index contributed by atoms with van der Waals surface area (Å²) in [6.07, 6.45) is 5.53. The number of rotatable bonds is 9. The summed E-state index contributed by atoms with van der Waals surface area (Å²) in [4.78, 5) is 17.6. The lowest BCUT2D eigenvalue weighted by Crippen LogP contribution is -2.07. The fourth-order valence-corrected chi connectivity index (χ4v) is 2.75. The van der Waals surface area contributed by atoms with Crippen LogP contribution in [0, 0.1) is 5.92 Å². The lowest BCUT2D eigenvalue weighted by atomic mass is 10.1. The van der Waals surface area contributed by atoms with Crippen LogP contribution >= 0.6 is 0 Å². The van der Waals surface area contributed by atoms with E-state index in [4.69, 9.17) is 9.84 Å². The molecule has 6 nitrogen and oxygen atoms in total. The standard InChI is InChI=1S/C17H21N3O3/c21-17(22)9-13-8-15(13)12-2-4-14(5-3-12)23-7-1-6-19-16-10-18-11-20-16/h2-5,10-11,13,15,19H,1,6-9H2,(H,18,20)(H,21,22). The summed E-state index contributed by atoms with van der Waals surface area (Å²) in [6.45, 7) is 1.46. The maximum atomic E-state index is 10.7. The lowest BCUT2D eigenvalue weighted by molar-refractivity contribution is -0.137. The number of imidazole rings is 1. The number of nitrogens with zero attached hydrogens (tertiary/aromatic N) is 1. The van der Waals surface area contributed by atoms with Gasteiger partial charge in [-0.2, -0.15) is 0 Å². The van der Waals surface area contributed by atoms with E-state index in [1.807, 2.05) is 24.3 Å². The maximum Gasteiger partial charge on any atom is 0.303 e. The van der Waals surface area contributed by atoms with E-state index in [2.05, 4.69) is 15.3 Å². The highest BCUT2D eigenvalue weighted by Gasteiger charge is 2.39. The normalized spacial score (nSPS) is 19.3. The fourth-order valence-electron chi connectivity index (χ4n) is 2.75. The number of nitrogens with one attached hydrogen (secondary N) is 2. The SMILES string of the molecule is O=C(O)CC1CC1c1ccc(OCCCNc2cnc[nH]2)cc1. The molecule has 1 aromatic carbocycles. The number of ether oxygens (including phenoxy) is 1. The first-order valence-corrected chi connectivity index (χ1v) is 7.89. The average molecular weight is 315 g/mol. The van der Waals surface area contributed by atoms with Gasteiger partial charge in [-0.05, 0) is 42.4 Å². The number of carboxylic acids is 1. The third-order valence-electron chi connectivity index (χ3n) is 4.07. The van der Waals surface area contributed by atoms with Gasteiger partial charge in [-0.15, -0.1) is 0 Å². The Balaban J connectivity index is 1.36. The van der Waals surface area contributed by atoms with E-state index < -0.39 is 5.97 Å². The van der Waals surface area contributed by atoms with Gasteiger partial charge in [-0.1, -0.05) is 12.1 Å². The Kier molecular flexibility index (Phi) is 4.80. The second-order valence-electron chi connectivity index (χ2n) is 5.86. The largest absolute Gasteiger partial charge is 0.494 e. The third kappa shape index (κ3) is 4.48. The van der Waals surface area contributed by atoms with Crippen molar-refractivity contribution in [1.82, 2.24) is 9.97 Å². The van der Waals surface area contributed by atoms with Crippen LogP contribution in [0.15, 0.2) is 36.8 Å². The molecule has 1 aromatic heterocycles. The molecule has 3 N–H and O–H groups in total. The van der Waals surface area contributed by atoms with E-state index in [1.54, 1.807) is 12.5 Å². The summed E-state index contributed by atoms with van der Waals surface area (Å²) in [7, 11) is 0. The first kappa shape index (κ1) is 15.4. The molecule has 0 spiro atoms. The number of hydrogen-bond acceptors (Lipinski definition) is 4. The van der Waals surface area contributed by atoms with E-state index in [-0.39, 0.29) is 6.42 Å². The molecular formula is C17H21N3O3. The van der Waals surface area contributed by atoms with E-state index in [0.717, 1.165) is 31.0 Å². The molecule has 0 aliphatic heterocycles. The number of H-pyrrole nitrogens is 1. The minimum absolute atomic E-state index is 0.270. The summed E-state index contributed by atoms with van der Waals surface area (Å²) >= 11 is 0. The Hall–Kier alpha value is -2.50. The van der Waals surface area contributed by atoms with Gasteiger partial charge >= 0.3 is 5.97 Å². The van der Waals surface area contributed by atoms with Crippen LogP contribution < -0.4 is 10.1 Å². The quantitative estimate of drug-likeness (QED) is 0.619. The van der Waals surface area contributed by atoms with Crippen LogP contribution in [0.4, 0.5) is 5.82 Å². The number of hydrogen-bond donors (Lipinski definition) is 3. The summed E-state index contributed by atoms with van der Waals surface area (Å²) in [5.74, 6) is 1.76. The molecule has 2 aromatic rings. The smallest absolute Gasteiger partial charge is 0.303 e. The van der Waals surface area contributed by atoms with Gasteiger partial charge in [-0.25, -0.2) is 4.98 Å². The first-order valence-electron chi connectivity index (χ1n) is 7.89. The van der Waals surface area contributed by atoms with Crippen molar-refractivity contribution in [2.75, 3.05) is 18.5 Å². The molecule has 1 aliphatic rings. The number of anilines is 1. The topological polar surface area (TPSA) is 87.2 Å². The second-order valence-corrected chi connectivity index (χ2v) is 5.86. The highest BCUT2D eigenvalue weighted by atomic mass is 16.5. The van der Waals surface area contributed by atoms with Crippen LogP contribution in [0.2, 0.25) is 0 Å². The molecule has 1 aliphatic carbocycles. The van der Waals surface area contributed by atoms with Crippen molar-refractivity contribution in [3.8, 4) is 5.75 Å². The number of aromatic nitrogens is 2. The van der Waals surface area contributed by atoms with Crippen molar-refractivity contribution in [3.63, 3.8) is 0 Å². The van der Waals surface area contributed by atoms with Crippen LogP contribution in [-0.4, -0.2) is 34.2 Å². The number of carboxylic acid groups (broad SMARTS) is 1. The molecule has 0 radical (unpaired) electrons. The van der Waals surface area contributed by atoms with Crippen molar-refractivity contribution in [2.45, 2.75) is 25.2 Å². The minimum Gasteiger partial charge on any atom is -0.494 e. The Morgan fingerprint density at radius 1 is 1.39 bits per heavy atom. The van der Waals surface area contributed by atoms with Crippen molar-refractivity contribution >= 4 is 11.8 Å². The Labute approximate surface area is 134 Å². The zero-order chi connectivity index (χ0) is 16.1. The first-order chi connectivity index (χ1) is 11.2. The van der Waals surface area contributed by atoms with Gasteiger partial charge in [0.1, 0.15) is 11.6 Å². The molecule has 23 heavy (non-hydrogen) atoms. The zero-order valence-corrected chi connectivity index (χ0v) is 12.9. The van der Waals surface area contributed by atoms with Crippen LogP contribution in [0.1, 0.15) is 30.7 Å². The van der Waals surface area contributed by atoms with Crippen molar-refractivity contribution < 1.29 is 14.6 Å². The second kappa shape index (κ2) is 7.17. The summed E-state index contributed by atoms with van der Waals surface area (Å²) in [5, 5.41) is 12.0. The predicted octanol–water partition coefficient (Wildman–Crippen LogP) is 2.87. The van der Waals surface area contributed by atoms with E-state index in [0.29, 0.717) is 18.4 Å². The van der Waals surface area contributed by atoms with Gasteiger partial charge in [0.15, 0.2) is 0 Å². The van der Waals surface area contributed by atoms with Crippen molar-refractivity contribution in [1.29, 1.82) is 0 Å². The molecule has 0 saturated heterocycles. The highest BCUT2D eigenvalue weighted by molar-refractivity contribution is 5.67. The maximum absolute atomic E-state index is 10.7. The summed E-state index contributed by atoms with van der Waals surface area (Å²) < 4.78 is 5.71. The van der Waals surface area contributed by atoms with Gasteiger partial charge in [0.2, 0.25) is 0 Å². The zero-order valence-electron chi connectivity index (χ0n) is 12.9. The van der Waals surface area contributed by atoms with Crippen molar-refractivity contribution in [3.05, 3.63) is 42.4 Å². The number of carbonyl (C=O) groups is 1. The molecule has 1 saturated carbocycles. The summed E-state index contributed by atoms with van der Waals surface area (Å²) in [6, 6.07) is 8.02. The minimum atomic E-state index is -0.707. The monoisotopic (exact) mass is 315 g/mol. The van der Waals surface area contributed by atoms with E-state index in [1.165, 1.54) is 5.56 Å². The molecule has 122 valence electrons. The Bertz CT molecular complexity index is 625.